The molecule has 0 radical (unpaired) electrons. The lowest BCUT2D eigenvalue weighted by Crippen LogP contribution is -2.23. The Hall–Kier alpha value is -2.66. The predicted octanol–water partition coefficient (Wildman–Crippen LogP) is 5.30. The second-order valence-electron chi connectivity index (χ2n) is 4.95. The summed E-state index contributed by atoms with van der Waals surface area (Å²) in [7, 11) is -6.25. The topological polar surface area (TPSA) is 125 Å². The quantitative estimate of drug-likeness (QED) is 0.256. The van der Waals surface area contributed by atoms with Gasteiger partial charge in [-0.2, -0.15) is 36.7 Å². The Bertz CT molecular complexity index is 1170. The molecule has 0 saturated carbocycles. The molecule has 0 N–H and O–H groups in total. The fraction of sp³-hybridized carbons (Fsp3) is 0.167. The fourth-order valence-electron chi connectivity index (χ4n) is 2.05. The Labute approximate surface area is 166 Å². The van der Waals surface area contributed by atoms with Crippen LogP contribution in [0.4, 0.5) is 32.2 Å². The summed E-state index contributed by atoms with van der Waals surface area (Å²) in [6, 6.07) is 1.73. The minimum absolute atomic E-state index is 0.141. The molecule has 1 heterocycles. The Kier molecular flexibility index (Phi) is 5.70. The van der Waals surface area contributed by atoms with Gasteiger partial charge >= 0.3 is 11.7 Å². The first-order valence-electron chi connectivity index (χ1n) is 6.63. The van der Waals surface area contributed by atoms with Gasteiger partial charge in [0.1, 0.15) is 16.7 Å². The molecular weight excluding hydrogens is 477 g/mol. The van der Waals surface area contributed by atoms with E-state index < -0.39 is 59.2 Å². The largest absolute Gasteiger partial charge is 0.502 e. The first-order chi connectivity index (χ1) is 13.2. The number of nitrogens with zero attached hydrogens (tertiary/aromatic N) is 6. The Morgan fingerprint density at radius 2 is 1.69 bits per heavy atom. The van der Waals surface area contributed by atoms with E-state index >= 15 is 0 Å². The van der Waals surface area contributed by atoms with Crippen LogP contribution in [0.1, 0.15) is 11.3 Å². The van der Waals surface area contributed by atoms with Crippen molar-refractivity contribution in [2.24, 2.45) is 5.11 Å². The highest BCUT2D eigenvalue weighted by Gasteiger charge is 2.51. The molecule has 0 bridgehead atoms. The highest BCUT2D eigenvalue weighted by Crippen LogP contribution is 2.43. The van der Waals surface area contributed by atoms with Crippen molar-refractivity contribution < 1.29 is 34.8 Å². The van der Waals surface area contributed by atoms with Gasteiger partial charge in [-0.15, -0.1) is 0 Å². The van der Waals surface area contributed by atoms with Crippen molar-refractivity contribution in [1.29, 1.82) is 5.26 Å². The van der Waals surface area contributed by atoms with Crippen molar-refractivity contribution in [1.82, 2.24) is 9.78 Å². The van der Waals surface area contributed by atoms with Crippen LogP contribution in [0, 0.1) is 11.3 Å². The molecule has 0 atom stereocenters. The molecule has 1 aromatic carbocycles. The summed E-state index contributed by atoms with van der Waals surface area (Å²) in [4.78, 5) is 0.361. The van der Waals surface area contributed by atoms with E-state index in [4.69, 9.17) is 34.0 Å². The van der Waals surface area contributed by atoms with E-state index in [0.29, 0.717) is 12.1 Å². The lowest BCUT2D eigenvalue weighted by atomic mass is 10.2. The van der Waals surface area contributed by atoms with Crippen molar-refractivity contribution in [3.8, 4) is 11.8 Å². The Balaban J connectivity index is 2.98. The Morgan fingerprint density at radius 1 is 1.17 bits per heavy atom. The molecule has 0 aliphatic carbocycles. The number of hydrogen-bond acceptors (Lipinski definition) is 5. The molecule has 0 aliphatic heterocycles. The number of rotatable bonds is 3. The zero-order valence-electron chi connectivity index (χ0n) is 13.1. The number of halogens is 8. The number of aromatic nitrogens is 2. The average molecular weight is 479 g/mol. The molecule has 29 heavy (non-hydrogen) atoms. The van der Waals surface area contributed by atoms with Crippen LogP contribution in [-0.2, 0) is 16.0 Å². The maximum atomic E-state index is 13.0. The number of sulfone groups is 1. The minimum atomic E-state index is -6.25. The highest BCUT2D eigenvalue weighted by molar-refractivity contribution is 7.92. The molecule has 2 aromatic rings. The van der Waals surface area contributed by atoms with Gasteiger partial charge in [-0.1, -0.05) is 23.2 Å². The van der Waals surface area contributed by atoms with Crippen LogP contribution >= 0.6 is 23.2 Å². The van der Waals surface area contributed by atoms with Gasteiger partial charge in [0.05, 0.1) is 15.6 Å². The second-order valence-corrected chi connectivity index (χ2v) is 7.64. The monoisotopic (exact) mass is 478 g/mol. The van der Waals surface area contributed by atoms with E-state index in [1.165, 1.54) is 0 Å². The molecule has 2 rings (SSSR count). The zero-order chi connectivity index (χ0) is 22.4. The maximum absolute atomic E-state index is 13.0. The van der Waals surface area contributed by atoms with Gasteiger partial charge in [-0.05, 0) is 22.8 Å². The van der Waals surface area contributed by atoms with Gasteiger partial charge in [0, 0.05) is 4.91 Å². The van der Waals surface area contributed by atoms with E-state index in [0.717, 1.165) is 6.07 Å². The van der Waals surface area contributed by atoms with Gasteiger partial charge in [-0.25, -0.2) is 13.1 Å². The van der Waals surface area contributed by atoms with E-state index in [2.05, 4.69) is 15.1 Å². The van der Waals surface area contributed by atoms with E-state index in [-0.39, 0.29) is 4.68 Å². The average Bonchev–Trinajstić information content (AvgIpc) is 2.91. The fourth-order valence-corrected chi connectivity index (χ4v) is 3.64. The third-order valence-corrected chi connectivity index (χ3v) is 5.29. The van der Waals surface area contributed by atoms with Crippen LogP contribution in [0.25, 0.3) is 16.1 Å². The summed E-state index contributed by atoms with van der Waals surface area (Å²) in [5, 5.41) is 13.4. The van der Waals surface area contributed by atoms with Crippen LogP contribution in [0.15, 0.2) is 22.1 Å². The van der Waals surface area contributed by atoms with E-state index in [1.807, 2.05) is 0 Å². The van der Waals surface area contributed by atoms with Gasteiger partial charge in [-0.3, -0.25) is 0 Å². The standard InChI is InChI=1S/C12H2Cl2F6N6O2S/c13-5-1-4(11(15,16)17)2-6(14)8(5)26-10(23-25-22)9(7(3-21)24-26)29(27,28)12(18,19)20/h1-2H. The lowest BCUT2D eigenvalue weighted by molar-refractivity contribution is -0.137. The molecule has 1 aromatic heterocycles. The normalized spacial score (nSPS) is 12.4. The molecule has 0 saturated heterocycles. The molecule has 0 aliphatic rings. The van der Waals surface area contributed by atoms with Crippen LogP contribution in [0.2, 0.25) is 10.0 Å². The van der Waals surface area contributed by atoms with E-state index in [9.17, 15) is 34.8 Å². The predicted molar refractivity (Wildman–Crippen MR) is 85.3 cm³/mol. The first kappa shape index (κ1) is 22.6. The molecule has 8 nitrogen and oxygen atoms in total. The third kappa shape index (κ3) is 3.92. The molecule has 0 spiro atoms. The molecule has 154 valence electrons. The van der Waals surface area contributed by atoms with Gasteiger partial charge in [0.2, 0.25) is 0 Å². The summed E-state index contributed by atoms with van der Waals surface area (Å²) >= 11 is 11.4. The Morgan fingerprint density at radius 3 is 2.07 bits per heavy atom. The van der Waals surface area contributed by atoms with Crippen molar-refractivity contribution in [2.45, 2.75) is 16.6 Å². The molecule has 0 fully saturated rings. The maximum Gasteiger partial charge on any atom is 0.502 e. The minimum Gasteiger partial charge on any atom is -0.226 e. The smallest absolute Gasteiger partial charge is 0.226 e. The highest BCUT2D eigenvalue weighted by atomic mass is 35.5. The molecular formula is C12H2Cl2F6N6O2S. The van der Waals surface area contributed by atoms with Crippen LogP contribution in [-0.4, -0.2) is 23.7 Å². The third-order valence-electron chi connectivity index (χ3n) is 3.19. The van der Waals surface area contributed by atoms with Crippen LogP contribution in [0.3, 0.4) is 0 Å². The van der Waals surface area contributed by atoms with Crippen LogP contribution < -0.4 is 0 Å². The van der Waals surface area contributed by atoms with Crippen molar-refractivity contribution >= 4 is 38.9 Å². The van der Waals surface area contributed by atoms with Gasteiger partial charge < -0.3 is 0 Å². The number of nitriles is 1. The lowest BCUT2D eigenvalue weighted by Gasteiger charge is -2.13. The molecule has 17 heteroatoms. The summed E-state index contributed by atoms with van der Waals surface area (Å²) in [6.07, 6.45) is -4.90. The molecule has 0 unspecified atom stereocenters. The van der Waals surface area contributed by atoms with E-state index in [1.54, 1.807) is 0 Å². The summed E-state index contributed by atoms with van der Waals surface area (Å²) in [5.41, 5.74) is -0.750. The number of alkyl halides is 6. The summed E-state index contributed by atoms with van der Waals surface area (Å²) in [5.74, 6) is -1.37. The number of benzene rings is 1. The van der Waals surface area contributed by atoms with Gasteiger partial charge in [0.25, 0.3) is 9.84 Å². The van der Waals surface area contributed by atoms with Crippen molar-refractivity contribution in [3.63, 3.8) is 0 Å². The number of hydrogen-bond donors (Lipinski definition) is 0. The van der Waals surface area contributed by atoms with Crippen molar-refractivity contribution in [3.05, 3.63) is 43.9 Å². The number of azide groups is 1. The second kappa shape index (κ2) is 7.30. The zero-order valence-corrected chi connectivity index (χ0v) is 15.4. The molecule has 0 amide bonds. The summed E-state index contributed by atoms with van der Waals surface area (Å²) in [6.45, 7) is 0. The SMILES string of the molecule is N#Cc1nn(-c2c(Cl)cc(C(F)(F)F)cc2Cl)c(N=[N+]=[N-])c1S(=O)(=O)C(F)(F)F. The van der Waals surface area contributed by atoms with Gasteiger partial charge in [0.15, 0.2) is 11.5 Å². The summed E-state index contributed by atoms with van der Waals surface area (Å²) < 4.78 is 101. The first-order valence-corrected chi connectivity index (χ1v) is 8.87. The van der Waals surface area contributed by atoms with Crippen molar-refractivity contribution in [2.75, 3.05) is 0 Å². The van der Waals surface area contributed by atoms with Crippen LogP contribution in [0.5, 0.6) is 0 Å².